The number of fused-ring (bicyclic) bond motifs is 1. The number of thiophene rings is 1. The van der Waals surface area contributed by atoms with Crippen molar-refractivity contribution in [2.45, 2.75) is 96.6 Å². The van der Waals surface area contributed by atoms with Crippen molar-refractivity contribution in [1.82, 2.24) is 20.1 Å². The Labute approximate surface area is 287 Å². The van der Waals surface area contributed by atoms with Crippen LogP contribution in [0.5, 0.6) is 5.75 Å². The number of aryl methyl sites for hydroxylation is 1. The predicted octanol–water partition coefficient (Wildman–Crippen LogP) is 6.61. The molecule has 2 aliphatic heterocycles. The molecule has 47 heavy (non-hydrogen) atoms. The highest BCUT2D eigenvalue weighted by atomic mass is 35.5. The average molecular weight is 682 g/mol. The zero-order valence-electron chi connectivity index (χ0n) is 27.5. The normalized spacial score (nSPS) is 16.0. The number of halogens is 1. The molecule has 3 aromatic rings. The summed E-state index contributed by atoms with van der Waals surface area (Å²) in [6.45, 7) is 6.65. The molecule has 9 nitrogen and oxygen atoms in total. The fourth-order valence-corrected chi connectivity index (χ4v) is 7.90. The minimum Gasteiger partial charge on any atom is -0.489 e. The molecular weight excluding hydrogens is 634 g/mol. The second kappa shape index (κ2) is 17.4. The molecule has 2 fully saturated rings. The first-order chi connectivity index (χ1) is 22.8. The number of ether oxygens (including phenoxy) is 1. The van der Waals surface area contributed by atoms with E-state index in [0.29, 0.717) is 18.0 Å². The number of carbonyl (C=O) groups is 3. The van der Waals surface area contributed by atoms with Gasteiger partial charge < -0.3 is 20.7 Å². The van der Waals surface area contributed by atoms with E-state index in [4.69, 9.17) is 22.1 Å². The van der Waals surface area contributed by atoms with Crippen molar-refractivity contribution in [3.8, 4) is 16.9 Å². The van der Waals surface area contributed by atoms with E-state index >= 15 is 0 Å². The van der Waals surface area contributed by atoms with Crippen LogP contribution in [-0.4, -0.2) is 71.3 Å². The molecule has 3 amide bonds. The summed E-state index contributed by atoms with van der Waals surface area (Å²) in [7, 11) is 0. The number of hydrogen-bond donors (Lipinski definition) is 2. The minimum absolute atomic E-state index is 0.0864. The summed E-state index contributed by atoms with van der Waals surface area (Å²) in [5, 5.41) is 3.73. The van der Waals surface area contributed by atoms with E-state index < -0.39 is 0 Å². The minimum atomic E-state index is -0.120. The maximum atomic E-state index is 12.2. The number of amides is 3. The highest BCUT2D eigenvalue weighted by Crippen LogP contribution is 2.42. The van der Waals surface area contributed by atoms with Crippen LogP contribution in [0, 0.1) is 6.92 Å². The molecule has 2 aromatic heterocycles. The lowest BCUT2D eigenvalue weighted by atomic mass is 10.0. The molecule has 2 saturated heterocycles. The summed E-state index contributed by atoms with van der Waals surface area (Å²) in [5.74, 6) is 0.755. The summed E-state index contributed by atoms with van der Waals surface area (Å²) in [6.07, 6.45) is 12.6. The molecule has 254 valence electrons. The Bertz CT molecular complexity index is 1520. The van der Waals surface area contributed by atoms with Crippen LogP contribution in [-0.2, 0) is 20.9 Å². The number of carbonyl (C=O) groups excluding carboxylic acids is 3. The molecule has 0 atom stereocenters. The standard InChI is InChI=1S/C36H48ClN5O4S/c1-25-21-26(37)22-30(29-12-17-39-31-23-28(47-36(29)31)24-42-33(44)10-11-34(42)45)35(25)46-27-13-19-41(20-14-27)18-8-16-40-32(43)9-6-4-2-3-5-7-15-38/h12,17,21-23,27H,2-11,13-16,18-20,24,38H2,1H3,(H,40,43). The van der Waals surface area contributed by atoms with Gasteiger partial charge in [0.2, 0.25) is 17.7 Å². The summed E-state index contributed by atoms with van der Waals surface area (Å²) < 4.78 is 7.72. The van der Waals surface area contributed by atoms with Crippen LogP contribution >= 0.6 is 22.9 Å². The quantitative estimate of drug-likeness (QED) is 0.122. The Morgan fingerprint density at radius 1 is 1.02 bits per heavy atom. The molecule has 1 aromatic carbocycles. The average Bonchev–Trinajstić information content (AvgIpc) is 3.62. The fourth-order valence-electron chi connectivity index (χ4n) is 6.49. The zero-order chi connectivity index (χ0) is 33.2. The van der Waals surface area contributed by atoms with Gasteiger partial charge in [-0.1, -0.05) is 37.3 Å². The number of aromatic nitrogens is 1. The molecule has 0 spiro atoms. The molecular formula is C36H48ClN5O4S. The Hall–Kier alpha value is -3.05. The largest absolute Gasteiger partial charge is 0.489 e. The van der Waals surface area contributed by atoms with Crippen molar-refractivity contribution in [1.29, 1.82) is 0 Å². The Kier molecular flexibility index (Phi) is 13.0. The van der Waals surface area contributed by atoms with E-state index in [2.05, 4.69) is 15.2 Å². The number of hydrogen-bond acceptors (Lipinski definition) is 8. The first-order valence-electron chi connectivity index (χ1n) is 17.2. The van der Waals surface area contributed by atoms with Gasteiger partial charge in [-0.3, -0.25) is 24.3 Å². The molecule has 0 aliphatic carbocycles. The molecule has 0 bridgehead atoms. The van der Waals surface area contributed by atoms with E-state index in [1.165, 1.54) is 24.2 Å². The van der Waals surface area contributed by atoms with E-state index in [9.17, 15) is 14.4 Å². The van der Waals surface area contributed by atoms with Crippen molar-refractivity contribution < 1.29 is 19.1 Å². The lowest BCUT2D eigenvalue weighted by Crippen LogP contribution is -2.39. The van der Waals surface area contributed by atoms with Gasteiger partial charge in [0.1, 0.15) is 11.9 Å². The molecule has 3 N–H and O–H groups in total. The van der Waals surface area contributed by atoms with Gasteiger partial charge in [0, 0.05) is 66.1 Å². The smallest absolute Gasteiger partial charge is 0.230 e. The fraction of sp³-hybridized carbons (Fsp3) is 0.556. The van der Waals surface area contributed by atoms with Crippen molar-refractivity contribution in [2.24, 2.45) is 5.73 Å². The van der Waals surface area contributed by atoms with Crippen molar-refractivity contribution >= 4 is 50.9 Å². The number of likely N-dealkylation sites (tertiary alicyclic amines) is 2. The van der Waals surface area contributed by atoms with Crippen LogP contribution in [0.1, 0.15) is 87.5 Å². The topological polar surface area (TPSA) is 118 Å². The number of nitrogens with one attached hydrogen (secondary N) is 1. The Morgan fingerprint density at radius 2 is 1.74 bits per heavy atom. The lowest BCUT2D eigenvalue weighted by Gasteiger charge is -2.33. The second-order valence-electron chi connectivity index (χ2n) is 12.8. The van der Waals surface area contributed by atoms with Crippen molar-refractivity contribution in [3.63, 3.8) is 0 Å². The highest BCUT2D eigenvalue weighted by Gasteiger charge is 2.30. The van der Waals surface area contributed by atoms with Crippen LogP contribution in [0.2, 0.25) is 5.02 Å². The van der Waals surface area contributed by atoms with Crippen LogP contribution in [0.25, 0.3) is 21.3 Å². The van der Waals surface area contributed by atoms with Gasteiger partial charge in [-0.15, -0.1) is 11.3 Å². The lowest BCUT2D eigenvalue weighted by molar-refractivity contribution is -0.139. The van der Waals surface area contributed by atoms with Gasteiger partial charge in [-0.2, -0.15) is 0 Å². The number of nitrogens with zero attached hydrogens (tertiary/aromatic N) is 3. The van der Waals surface area contributed by atoms with E-state index in [0.717, 1.165) is 102 Å². The molecule has 0 radical (unpaired) electrons. The van der Waals surface area contributed by atoms with Gasteiger partial charge in [-0.05, 0) is 81.9 Å². The number of piperidine rings is 1. The summed E-state index contributed by atoms with van der Waals surface area (Å²) in [5.41, 5.74) is 9.24. The number of pyridine rings is 1. The highest BCUT2D eigenvalue weighted by molar-refractivity contribution is 7.19. The number of unbranched alkanes of at least 4 members (excludes halogenated alkanes) is 5. The molecule has 4 heterocycles. The molecule has 2 aliphatic rings. The molecule has 5 rings (SSSR count). The third-order valence-corrected chi connectivity index (χ3v) is 10.5. The van der Waals surface area contributed by atoms with Crippen LogP contribution in [0.3, 0.4) is 0 Å². The first-order valence-corrected chi connectivity index (χ1v) is 18.4. The second-order valence-corrected chi connectivity index (χ2v) is 14.4. The predicted molar refractivity (Wildman–Crippen MR) is 189 cm³/mol. The van der Waals surface area contributed by atoms with Gasteiger partial charge >= 0.3 is 0 Å². The SMILES string of the molecule is Cc1cc(Cl)cc(-c2ccnc3cc(CN4C(=O)CCC4=O)sc23)c1OC1CCN(CCCNC(=O)CCCCCCCCN)CC1. The molecule has 0 saturated carbocycles. The van der Waals surface area contributed by atoms with E-state index in [-0.39, 0.29) is 43.2 Å². The number of rotatable bonds is 17. The number of imide groups is 1. The Morgan fingerprint density at radius 3 is 2.49 bits per heavy atom. The molecule has 11 heteroatoms. The van der Waals surface area contributed by atoms with Crippen molar-refractivity contribution in [2.75, 3.05) is 32.7 Å². The van der Waals surface area contributed by atoms with Crippen LogP contribution in [0.15, 0.2) is 30.5 Å². The maximum absolute atomic E-state index is 12.2. The third kappa shape index (κ3) is 9.75. The van der Waals surface area contributed by atoms with E-state index in [1.807, 2.05) is 31.2 Å². The molecule has 0 unspecified atom stereocenters. The summed E-state index contributed by atoms with van der Waals surface area (Å²) >= 11 is 8.13. The maximum Gasteiger partial charge on any atom is 0.230 e. The summed E-state index contributed by atoms with van der Waals surface area (Å²) in [6, 6.07) is 7.85. The van der Waals surface area contributed by atoms with E-state index in [1.54, 1.807) is 17.5 Å². The zero-order valence-corrected chi connectivity index (χ0v) is 29.1. The third-order valence-electron chi connectivity index (χ3n) is 9.11. The van der Waals surface area contributed by atoms with Gasteiger partial charge in [-0.25, -0.2) is 0 Å². The van der Waals surface area contributed by atoms with Gasteiger partial charge in [0.05, 0.1) is 16.8 Å². The first kappa shape index (κ1) is 35.3. The monoisotopic (exact) mass is 681 g/mol. The van der Waals surface area contributed by atoms with Gasteiger partial charge in [0.15, 0.2) is 0 Å². The number of benzene rings is 1. The van der Waals surface area contributed by atoms with Crippen molar-refractivity contribution in [3.05, 3.63) is 45.9 Å². The summed E-state index contributed by atoms with van der Waals surface area (Å²) in [4.78, 5) is 46.0. The Balaban J connectivity index is 1.12. The van der Waals surface area contributed by atoms with Gasteiger partial charge in [0.25, 0.3) is 0 Å². The van der Waals surface area contributed by atoms with Crippen LogP contribution in [0.4, 0.5) is 0 Å². The number of nitrogens with two attached hydrogens (primary N) is 1. The van der Waals surface area contributed by atoms with Crippen LogP contribution < -0.4 is 15.8 Å².